The summed E-state index contributed by atoms with van der Waals surface area (Å²) >= 11 is 1.61. The molecule has 1 aromatic rings. The van der Waals surface area contributed by atoms with Gasteiger partial charge in [0, 0.05) is 19.4 Å². The Morgan fingerprint density at radius 3 is 3.09 bits per heavy atom. The molecule has 0 spiro atoms. The molecule has 1 N–H and O–H groups in total. The Morgan fingerprint density at radius 2 is 2.55 bits per heavy atom. The van der Waals surface area contributed by atoms with Gasteiger partial charge in [0.2, 0.25) is 0 Å². The minimum atomic E-state index is 0.241. The maximum atomic E-state index is 8.51. The number of aromatic nitrogens is 3. The normalized spacial score (nSPS) is 10.4. The Hall–Kier alpha value is -0.550. The van der Waals surface area contributed by atoms with E-state index in [4.69, 9.17) is 5.11 Å². The van der Waals surface area contributed by atoms with Crippen LogP contribution in [-0.4, -0.2) is 32.2 Å². The molecule has 0 saturated carbocycles. The highest BCUT2D eigenvalue weighted by atomic mass is 32.2. The summed E-state index contributed by atoms with van der Waals surface area (Å²) in [6.07, 6.45) is 2.47. The van der Waals surface area contributed by atoms with Crippen molar-refractivity contribution in [2.45, 2.75) is 11.6 Å². The maximum Gasteiger partial charge on any atom is 0.190 e. The van der Waals surface area contributed by atoms with Crippen molar-refractivity contribution in [3.8, 4) is 0 Å². The lowest BCUT2D eigenvalue weighted by atomic mass is 10.5. The van der Waals surface area contributed by atoms with Gasteiger partial charge in [-0.25, -0.2) is 0 Å². The van der Waals surface area contributed by atoms with Gasteiger partial charge in [-0.15, -0.1) is 10.2 Å². The van der Waals surface area contributed by atoms with Gasteiger partial charge in [-0.1, -0.05) is 11.8 Å². The predicted octanol–water partition coefficient (Wildman–Crippen LogP) is 0.290. The van der Waals surface area contributed by atoms with Crippen LogP contribution in [0.25, 0.3) is 0 Å². The number of aliphatic hydroxyl groups excluding tert-OH is 1. The molecule has 1 rings (SSSR count). The first-order chi connectivity index (χ1) is 5.34. The molecule has 11 heavy (non-hydrogen) atoms. The van der Waals surface area contributed by atoms with E-state index < -0.39 is 0 Å². The second-order valence-corrected chi connectivity index (χ2v) is 3.21. The van der Waals surface area contributed by atoms with Crippen LogP contribution in [-0.2, 0) is 7.05 Å². The van der Waals surface area contributed by atoms with E-state index >= 15 is 0 Å². The van der Waals surface area contributed by atoms with E-state index in [-0.39, 0.29) is 6.61 Å². The van der Waals surface area contributed by atoms with Crippen LogP contribution in [0.1, 0.15) is 6.42 Å². The molecule has 0 unspecified atom stereocenters. The average molecular weight is 173 g/mol. The second-order valence-electron chi connectivity index (χ2n) is 2.15. The van der Waals surface area contributed by atoms with Gasteiger partial charge in [0.05, 0.1) is 0 Å². The average Bonchev–Trinajstić information content (AvgIpc) is 2.37. The van der Waals surface area contributed by atoms with Gasteiger partial charge in [-0.05, 0) is 6.42 Å². The van der Waals surface area contributed by atoms with E-state index in [1.165, 1.54) is 0 Å². The number of hydrogen-bond donors (Lipinski definition) is 1. The zero-order valence-corrected chi connectivity index (χ0v) is 7.21. The van der Waals surface area contributed by atoms with E-state index in [0.29, 0.717) is 0 Å². The van der Waals surface area contributed by atoms with Crippen LogP contribution in [0.5, 0.6) is 0 Å². The standard InChI is InChI=1S/C6H11N3OS/c1-9-5-7-8-6(9)11-4-2-3-10/h5,10H,2-4H2,1H3. The number of thioether (sulfide) groups is 1. The molecular formula is C6H11N3OS. The fourth-order valence-corrected chi connectivity index (χ4v) is 1.44. The van der Waals surface area contributed by atoms with Crippen LogP contribution in [0, 0.1) is 0 Å². The molecule has 0 aromatic carbocycles. The molecule has 0 aliphatic rings. The first-order valence-corrected chi connectivity index (χ1v) is 4.41. The maximum absolute atomic E-state index is 8.51. The zero-order chi connectivity index (χ0) is 8.10. The van der Waals surface area contributed by atoms with Crippen LogP contribution in [0.3, 0.4) is 0 Å². The number of hydrogen-bond acceptors (Lipinski definition) is 4. The summed E-state index contributed by atoms with van der Waals surface area (Å²) in [7, 11) is 1.90. The summed E-state index contributed by atoms with van der Waals surface area (Å²) in [6.45, 7) is 0.241. The van der Waals surface area contributed by atoms with Gasteiger partial charge in [0.1, 0.15) is 6.33 Å². The quantitative estimate of drug-likeness (QED) is 0.525. The highest BCUT2D eigenvalue weighted by molar-refractivity contribution is 7.99. The van der Waals surface area contributed by atoms with Crippen molar-refractivity contribution in [3.63, 3.8) is 0 Å². The Bertz CT molecular complexity index is 213. The lowest BCUT2D eigenvalue weighted by molar-refractivity contribution is 0.296. The van der Waals surface area contributed by atoms with Gasteiger partial charge in [0.15, 0.2) is 5.16 Å². The zero-order valence-electron chi connectivity index (χ0n) is 6.40. The third kappa shape index (κ3) is 2.51. The van der Waals surface area contributed by atoms with E-state index in [1.807, 2.05) is 11.6 Å². The highest BCUT2D eigenvalue weighted by Crippen LogP contribution is 2.13. The van der Waals surface area contributed by atoms with E-state index in [2.05, 4.69) is 10.2 Å². The predicted molar refractivity (Wildman–Crippen MR) is 43.4 cm³/mol. The molecule has 0 radical (unpaired) electrons. The first kappa shape index (κ1) is 8.55. The van der Waals surface area contributed by atoms with Gasteiger partial charge in [0.25, 0.3) is 0 Å². The molecule has 5 heteroatoms. The Morgan fingerprint density at radius 1 is 1.73 bits per heavy atom. The summed E-state index contributed by atoms with van der Waals surface area (Å²) in [6, 6.07) is 0. The number of aryl methyl sites for hydroxylation is 1. The highest BCUT2D eigenvalue weighted by Gasteiger charge is 1.98. The van der Waals surface area contributed by atoms with E-state index in [9.17, 15) is 0 Å². The second kappa shape index (κ2) is 4.35. The molecule has 1 heterocycles. The van der Waals surface area contributed by atoms with Gasteiger partial charge in [-0.3, -0.25) is 0 Å². The molecule has 4 nitrogen and oxygen atoms in total. The first-order valence-electron chi connectivity index (χ1n) is 3.42. The smallest absolute Gasteiger partial charge is 0.190 e. The molecule has 0 bridgehead atoms. The fraction of sp³-hybridized carbons (Fsp3) is 0.667. The van der Waals surface area contributed by atoms with Crippen molar-refractivity contribution in [3.05, 3.63) is 6.33 Å². The Balaban J connectivity index is 2.32. The fourth-order valence-electron chi connectivity index (χ4n) is 0.631. The van der Waals surface area contributed by atoms with Gasteiger partial charge < -0.3 is 9.67 Å². The summed E-state index contributed by atoms with van der Waals surface area (Å²) in [5.74, 6) is 0.892. The van der Waals surface area contributed by atoms with Crippen molar-refractivity contribution < 1.29 is 5.11 Å². The molecule has 0 fully saturated rings. The van der Waals surface area contributed by atoms with E-state index in [0.717, 1.165) is 17.3 Å². The van der Waals surface area contributed by atoms with Gasteiger partial charge in [-0.2, -0.15) is 0 Å². The lowest BCUT2D eigenvalue weighted by Gasteiger charge is -1.97. The SMILES string of the molecule is Cn1cnnc1SCCCO. The van der Waals surface area contributed by atoms with Crippen molar-refractivity contribution in [2.24, 2.45) is 7.05 Å². The summed E-state index contributed by atoms with van der Waals surface area (Å²) in [4.78, 5) is 0. The number of nitrogens with zero attached hydrogens (tertiary/aromatic N) is 3. The minimum absolute atomic E-state index is 0.241. The van der Waals surface area contributed by atoms with Gasteiger partial charge >= 0.3 is 0 Å². The monoisotopic (exact) mass is 173 g/mol. The molecule has 0 aliphatic carbocycles. The van der Waals surface area contributed by atoms with Crippen LogP contribution in [0.2, 0.25) is 0 Å². The number of rotatable bonds is 4. The minimum Gasteiger partial charge on any atom is -0.396 e. The Labute approximate surface area is 69.6 Å². The van der Waals surface area contributed by atoms with Crippen LogP contribution in [0.15, 0.2) is 11.5 Å². The Kier molecular flexibility index (Phi) is 3.38. The molecular weight excluding hydrogens is 162 g/mol. The summed E-state index contributed by atoms with van der Waals surface area (Å²) in [5, 5.41) is 17.0. The van der Waals surface area contributed by atoms with Crippen LogP contribution < -0.4 is 0 Å². The van der Waals surface area contributed by atoms with Crippen molar-refractivity contribution in [1.29, 1.82) is 0 Å². The largest absolute Gasteiger partial charge is 0.396 e. The molecule has 1 aromatic heterocycles. The summed E-state index contributed by atoms with van der Waals surface area (Å²) in [5.41, 5.74) is 0. The molecule has 0 aliphatic heterocycles. The van der Waals surface area contributed by atoms with Crippen molar-refractivity contribution >= 4 is 11.8 Å². The van der Waals surface area contributed by atoms with Crippen LogP contribution >= 0.6 is 11.8 Å². The molecule has 0 saturated heterocycles. The van der Waals surface area contributed by atoms with E-state index in [1.54, 1.807) is 18.1 Å². The van der Waals surface area contributed by atoms with Crippen LogP contribution in [0.4, 0.5) is 0 Å². The molecule has 0 amide bonds. The third-order valence-electron chi connectivity index (χ3n) is 1.20. The third-order valence-corrected chi connectivity index (χ3v) is 2.32. The van der Waals surface area contributed by atoms with Crippen molar-refractivity contribution in [1.82, 2.24) is 14.8 Å². The summed E-state index contributed by atoms with van der Waals surface area (Å²) < 4.78 is 1.86. The molecule has 62 valence electrons. The number of aliphatic hydroxyl groups is 1. The molecule has 0 atom stereocenters. The lowest BCUT2D eigenvalue weighted by Crippen LogP contribution is -1.91. The van der Waals surface area contributed by atoms with Crippen molar-refractivity contribution in [2.75, 3.05) is 12.4 Å². The topological polar surface area (TPSA) is 50.9 Å².